The maximum Gasteiger partial charge on any atom is 0.297 e. The number of hydrogen-bond donors (Lipinski definition) is 2. The Morgan fingerprint density at radius 2 is 2.19 bits per heavy atom. The number of nitro groups is 1. The van der Waals surface area contributed by atoms with Crippen LogP contribution in [0.15, 0.2) is 44.5 Å². The molecule has 3 rings (SSSR count). The maximum absolute atomic E-state index is 11.7. The van der Waals surface area contributed by atoms with Crippen LogP contribution in [0.4, 0.5) is 11.5 Å². The number of amides is 1. The van der Waals surface area contributed by atoms with Gasteiger partial charge in [-0.25, -0.2) is 10.1 Å². The minimum absolute atomic E-state index is 0.103. The van der Waals surface area contributed by atoms with E-state index in [4.69, 9.17) is 14.9 Å². The first-order chi connectivity index (χ1) is 13.0. The summed E-state index contributed by atoms with van der Waals surface area (Å²) < 4.78 is 15.1. The van der Waals surface area contributed by atoms with Crippen molar-refractivity contribution in [3.05, 3.63) is 51.9 Å². The molecule has 138 valence electrons. The smallest absolute Gasteiger partial charge is 0.297 e. The molecule has 2 aromatic heterocycles. The Morgan fingerprint density at radius 3 is 2.85 bits per heavy atom. The van der Waals surface area contributed by atoms with E-state index < -0.39 is 10.8 Å². The highest BCUT2D eigenvalue weighted by Crippen LogP contribution is 2.33. The Morgan fingerprint density at radius 1 is 1.37 bits per heavy atom. The molecule has 2 heterocycles. The van der Waals surface area contributed by atoms with Gasteiger partial charge in [0.25, 0.3) is 11.6 Å². The molecule has 0 saturated carbocycles. The zero-order valence-electron chi connectivity index (χ0n) is 13.8. The number of carbonyl (C=O) groups excluding carboxylic acids is 1. The van der Waals surface area contributed by atoms with Gasteiger partial charge in [-0.2, -0.15) is 5.10 Å². The van der Waals surface area contributed by atoms with Gasteiger partial charge in [0.05, 0.1) is 29.9 Å². The van der Waals surface area contributed by atoms with Crippen LogP contribution in [0.3, 0.4) is 0 Å². The van der Waals surface area contributed by atoms with Gasteiger partial charge in [0, 0.05) is 6.07 Å². The lowest BCUT2D eigenvalue weighted by Crippen LogP contribution is -2.19. The lowest BCUT2D eigenvalue weighted by Gasteiger charge is -2.05. The fourth-order valence-corrected chi connectivity index (χ4v) is 2.12. The lowest BCUT2D eigenvalue weighted by atomic mass is 10.1. The van der Waals surface area contributed by atoms with Crippen LogP contribution in [0.25, 0.3) is 11.3 Å². The number of non-ortho nitro benzene ring substituents is 1. The minimum Gasteiger partial charge on any atom is -0.496 e. The standard InChI is InChI=1S/C15H12N6O6/c1-25-12-6-8(21(23)24)2-4-10(12)11-5-3-9(26-11)7-17-18-15(22)13-14(16)20-27-19-13/h2-7H,1H3,(H2,16,20)(H,18,22)/b17-7+. The van der Waals surface area contributed by atoms with Crippen LogP contribution in [0.2, 0.25) is 0 Å². The topological polar surface area (TPSA) is 172 Å². The summed E-state index contributed by atoms with van der Waals surface area (Å²) >= 11 is 0. The number of hydrazone groups is 1. The summed E-state index contributed by atoms with van der Waals surface area (Å²) in [7, 11) is 1.40. The molecular formula is C15H12N6O6. The van der Waals surface area contributed by atoms with Gasteiger partial charge in [-0.05, 0) is 28.5 Å². The number of furan rings is 1. The molecule has 0 aliphatic rings. The number of nitrogens with two attached hydrogens (primary N) is 1. The second kappa shape index (κ2) is 7.35. The van der Waals surface area contributed by atoms with E-state index in [0.29, 0.717) is 17.1 Å². The van der Waals surface area contributed by atoms with Crippen molar-refractivity contribution in [2.45, 2.75) is 0 Å². The van der Waals surface area contributed by atoms with Crippen LogP contribution >= 0.6 is 0 Å². The minimum atomic E-state index is -0.700. The van der Waals surface area contributed by atoms with Crippen LogP contribution in [0.5, 0.6) is 5.75 Å². The van der Waals surface area contributed by atoms with Crippen molar-refractivity contribution in [3.8, 4) is 17.1 Å². The number of methoxy groups -OCH3 is 1. The van der Waals surface area contributed by atoms with Gasteiger partial charge in [0.2, 0.25) is 11.5 Å². The Hall–Kier alpha value is -4.22. The van der Waals surface area contributed by atoms with Crippen molar-refractivity contribution in [3.63, 3.8) is 0 Å². The molecule has 0 bridgehead atoms. The highest BCUT2D eigenvalue weighted by molar-refractivity contribution is 5.96. The van der Waals surface area contributed by atoms with E-state index >= 15 is 0 Å². The van der Waals surface area contributed by atoms with E-state index in [2.05, 4.69) is 25.5 Å². The molecular weight excluding hydrogens is 360 g/mol. The first-order valence-electron chi connectivity index (χ1n) is 7.33. The van der Waals surface area contributed by atoms with Crippen molar-refractivity contribution >= 4 is 23.6 Å². The molecule has 1 aromatic carbocycles. The average molecular weight is 372 g/mol. The second-order valence-electron chi connectivity index (χ2n) is 5.04. The molecule has 0 aliphatic heterocycles. The van der Waals surface area contributed by atoms with Crippen molar-refractivity contribution in [1.82, 2.24) is 15.7 Å². The predicted molar refractivity (Wildman–Crippen MR) is 91.1 cm³/mol. The molecule has 0 unspecified atom stereocenters. The molecule has 12 heteroatoms. The van der Waals surface area contributed by atoms with E-state index in [1.165, 1.54) is 31.5 Å². The van der Waals surface area contributed by atoms with Gasteiger partial charge < -0.3 is 14.9 Å². The number of nitrogens with one attached hydrogen (secondary N) is 1. The summed E-state index contributed by atoms with van der Waals surface area (Å²) in [5.74, 6) is 0.142. The molecule has 0 fully saturated rings. The largest absolute Gasteiger partial charge is 0.496 e. The lowest BCUT2D eigenvalue weighted by molar-refractivity contribution is -0.384. The number of anilines is 1. The van der Waals surface area contributed by atoms with Crippen molar-refractivity contribution in [2.75, 3.05) is 12.8 Å². The van der Waals surface area contributed by atoms with E-state index in [0.717, 1.165) is 0 Å². The molecule has 3 aromatic rings. The van der Waals surface area contributed by atoms with E-state index in [-0.39, 0.29) is 22.9 Å². The zero-order chi connectivity index (χ0) is 19.4. The van der Waals surface area contributed by atoms with Gasteiger partial charge in [-0.15, -0.1) is 0 Å². The fraction of sp³-hybridized carbons (Fsp3) is 0.0667. The molecule has 27 heavy (non-hydrogen) atoms. The normalized spacial score (nSPS) is 10.9. The van der Waals surface area contributed by atoms with Crippen molar-refractivity contribution in [2.24, 2.45) is 5.10 Å². The van der Waals surface area contributed by atoms with Crippen LogP contribution in [0, 0.1) is 10.1 Å². The van der Waals surface area contributed by atoms with Crippen molar-refractivity contribution in [1.29, 1.82) is 0 Å². The van der Waals surface area contributed by atoms with Crippen LogP contribution in [-0.4, -0.2) is 34.5 Å². The number of ether oxygens (including phenoxy) is 1. The van der Waals surface area contributed by atoms with Crippen LogP contribution in [-0.2, 0) is 0 Å². The number of aromatic nitrogens is 2. The predicted octanol–water partition coefficient (Wildman–Crippen LogP) is 1.59. The number of hydrogen-bond acceptors (Lipinski definition) is 10. The van der Waals surface area contributed by atoms with Gasteiger partial charge in [-0.3, -0.25) is 14.9 Å². The highest BCUT2D eigenvalue weighted by Gasteiger charge is 2.16. The van der Waals surface area contributed by atoms with Gasteiger partial charge in [0.1, 0.15) is 17.3 Å². The molecule has 0 spiro atoms. The highest BCUT2D eigenvalue weighted by atomic mass is 16.6. The zero-order valence-corrected chi connectivity index (χ0v) is 13.8. The summed E-state index contributed by atoms with van der Waals surface area (Å²) in [4.78, 5) is 22.1. The third-order valence-electron chi connectivity index (χ3n) is 3.38. The maximum atomic E-state index is 11.7. The Balaban J connectivity index is 1.74. The monoisotopic (exact) mass is 372 g/mol. The van der Waals surface area contributed by atoms with E-state index in [9.17, 15) is 14.9 Å². The first-order valence-corrected chi connectivity index (χ1v) is 7.33. The van der Waals surface area contributed by atoms with E-state index in [1.54, 1.807) is 12.1 Å². The van der Waals surface area contributed by atoms with Crippen LogP contribution in [0.1, 0.15) is 16.2 Å². The number of nitrogen functional groups attached to an aromatic ring is 1. The number of carbonyl (C=O) groups is 1. The van der Waals surface area contributed by atoms with Crippen LogP contribution < -0.4 is 15.9 Å². The van der Waals surface area contributed by atoms with Gasteiger partial charge in [-0.1, -0.05) is 0 Å². The quantitative estimate of drug-likeness (QED) is 0.370. The molecule has 0 atom stereocenters. The number of nitro benzene ring substituents is 1. The summed E-state index contributed by atoms with van der Waals surface area (Å²) in [6.07, 6.45) is 1.25. The fourth-order valence-electron chi connectivity index (χ4n) is 2.12. The molecule has 0 aliphatic carbocycles. The number of nitrogens with zero attached hydrogens (tertiary/aromatic N) is 4. The summed E-state index contributed by atoms with van der Waals surface area (Å²) in [5.41, 5.74) is 7.82. The average Bonchev–Trinajstić information content (AvgIpc) is 3.30. The first kappa shape index (κ1) is 17.6. The molecule has 0 radical (unpaired) electrons. The van der Waals surface area contributed by atoms with Gasteiger partial charge >= 0.3 is 0 Å². The summed E-state index contributed by atoms with van der Waals surface area (Å²) in [6.45, 7) is 0. The summed E-state index contributed by atoms with van der Waals surface area (Å²) in [5, 5.41) is 21.2. The summed E-state index contributed by atoms with van der Waals surface area (Å²) in [6, 6.07) is 7.37. The van der Waals surface area contributed by atoms with Crippen molar-refractivity contribution < 1.29 is 23.5 Å². The third-order valence-corrected chi connectivity index (χ3v) is 3.38. The number of rotatable bonds is 6. The Bertz CT molecular complexity index is 1020. The van der Waals surface area contributed by atoms with E-state index in [1.807, 2.05) is 0 Å². The SMILES string of the molecule is COc1cc([N+](=O)[O-])ccc1-c1ccc(/C=N/NC(=O)c2nonc2N)o1. The third kappa shape index (κ3) is 3.73. The Kier molecular flexibility index (Phi) is 4.79. The molecule has 12 nitrogen and oxygen atoms in total. The Labute approximate surface area is 150 Å². The van der Waals surface area contributed by atoms with Gasteiger partial charge in [0.15, 0.2) is 0 Å². The second-order valence-corrected chi connectivity index (χ2v) is 5.04. The number of benzene rings is 1. The molecule has 1 amide bonds. The molecule has 3 N–H and O–H groups in total. The molecule has 0 saturated heterocycles.